The van der Waals surface area contributed by atoms with E-state index < -0.39 is 0 Å². The molecule has 0 aromatic carbocycles. The summed E-state index contributed by atoms with van der Waals surface area (Å²) < 4.78 is 7.78. The van der Waals surface area contributed by atoms with E-state index in [0.717, 1.165) is 5.76 Å². The summed E-state index contributed by atoms with van der Waals surface area (Å²) in [6, 6.07) is 0. The first-order valence-corrected chi connectivity index (χ1v) is 5.95. The lowest BCUT2D eigenvalue weighted by molar-refractivity contribution is -0.749. The third-order valence-electron chi connectivity index (χ3n) is 2.29. The maximum Gasteiger partial charge on any atom is 0.225 e. The first-order chi connectivity index (χ1) is 7.07. The second-order valence-corrected chi connectivity index (χ2v) is 5.45. The molecule has 2 rings (SSSR count). The Bertz CT molecular complexity index is 410. The highest BCUT2D eigenvalue weighted by atomic mass is 32.1. The summed E-state index contributed by atoms with van der Waals surface area (Å²) in [5.74, 6) is 0.977. The van der Waals surface area contributed by atoms with E-state index in [9.17, 15) is 0 Å². The predicted octanol–water partition coefficient (Wildman–Crippen LogP) is 2.72. The molecule has 0 radical (unpaired) electrons. The summed E-state index contributed by atoms with van der Waals surface area (Å²) in [7, 11) is 0. The van der Waals surface area contributed by atoms with E-state index in [-0.39, 0.29) is 5.54 Å². The van der Waals surface area contributed by atoms with Gasteiger partial charge in [0, 0.05) is 20.8 Å². The number of aromatic nitrogens is 1. The average Bonchev–Trinajstić information content (AvgIpc) is 2.67. The van der Waals surface area contributed by atoms with E-state index in [2.05, 4.69) is 37.0 Å². The van der Waals surface area contributed by atoms with Crippen LogP contribution in [0.5, 0.6) is 0 Å². The number of ether oxygens (including phenoxy) is 1. The first kappa shape index (κ1) is 10.4. The van der Waals surface area contributed by atoms with Crippen molar-refractivity contribution in [2.24, 2.45) is 0 Å². The quantitative estimate of drug-likeness (QED) is 0.666. The Labute approximate surface area is 94.5 Å². The number of rotatable bonds is 1. The van der Waals surface area contributed by atoms with Crippen LogP contribution in [0.25, 0.3) is 5.76 Å². The van der Waals surface area contributed by atoms with Crippen molar-refractivity contribution in [3.05, 3.63) is 34.8 Å². The smallest absolute Gasteiger partial charge is 0.225 e. The summed E-state index contributed by atoms with van der Waals surface area (Å²) in [4.78, 5) is 1.19. The molecule has 0 saturated carbocycles. The van der Waals surface area contributed by atoms with E-state index in [0.29, 0.717) is 6.61 Å². The molecule has 0 amide bonds. The van der Waals surface area contributed by atoms with Crippen LogP contribution in [0.15, 0.2) is 29.9 Å². The van der Waals surface area contributed by atoms with Crippen molar-refractivity contribution in [3.63, 3.8) is 0 Å². The monoisotopic (exact) mass is 222 g/mol. The first-order valence-electron chi connectivity index (χ1n) is 5.07. The Morgan fingerprint density at radius 1 is 1.40 bits per heavy atom. The molecule has 2 nitrogen and oxygen atoms in total. The van der Waals surface area contributed by atoms with Crippen molar-refractivity contribution >= 4 is 17.1 Å². The number of thiazole rings is 1. The van der Waals surface area contributed by atoms with E-state index in [1.807, 2.05) is 18.2 Å². The molecule has 2 heterocycles. The van der Waals surface area contributed by atoms with Crippen molar-refractivity contribution in [1.29, 1.82) is 0 Å². The highest BCUT2D eigenvalue weighted by molar-refractivity contribution is 7.10. The Hall–Kier alpha value is -1.09. The van der Waals surface area contributed by atoms with Crippen LogP contribution in [0.1, 0.15) is 25.6 Å². The number of hydrogen-bond acceptors (Lipinski definition) is 2. The number of hydrogen-bond donors (Lipinski definition) is 0. The topological polar surface area (TPSA) is 13.1 Å². The minimum atomic E-state index is 0.139. The van der Waals surface area contributed by atoms with Gasteiger partial charge in [0.05, 0.1) is 0 Å². The van der Waals surface area contributed by atoms with Gasteiger partial charge in [-0.15, -0.1) is 0 Å². The van der Waals surface area contributed by atoms with Gasteiger partial charge in [0.25, 0.3) is 0 Å². The lowest BCUT2D eigenvalue weighted by Gasteiger charge is -2.10. The number of allylic oxidation sites excluding steroid dienone is 2. The van der Waals surface area contributed by atoms with Crippen LogP contribution in [-0.2, 0) is 10.3 Å². The fourth-order valence-corrected chi connectivity index (χ4v) is 2.35. The normalized spacial score (nSPS) is 16.1. The Morgan fingerprint density at radius 3 is 2.73 bits per heavy atom. The molecule has 0 N–H and O–H groups in total. The van der Waals surface area contributed by atoms with Crippen molar-refractivity contribution in [1.82, 2.24) is 0 Å². The van der Waals surface area contributed by atoms with Gasteiger partial charge in [0.15, 0.2) is 11.7 Å². The van der Waals surface area contributed by atoms with Gasteiger partial charge in [0.2, 0.25) is 5.51 Å². The molecule has 0 aliphatic carbocycles. The van der Waals surface area contributed by atoms with Gasteiger partial charge in [-0.2, -0.15) is 4.57 Å². The van der Waals surface area contributed by atoms with Crippen LogP contribution < -0.4 is 4.57 Å². The molecule has 0 bridgehead atoms. The van der Waals surface area contributed by atoms with Gasteiger partial charge in [-0.25, -0.2) is 0 Å². The average molecular weight is 222 g/mol. The fourth-order valence-electron chi connectivity index (χ4n) is 1.32. The van der Waals surface area contributed by atoms with E-state index in [4.69, 9.17) is 4.74 Å². The van der Waals surface area contributed by atoms with Crippen LogP contribution in [0.2, 0.25) is 0 Å². The van der Waals surface area contributed by atoms with E-state index >= 15 is 0 Å². The van der Waals surface area contributed by atoms with Crippen LogP contribution >= 0.6 is 11.3 Å². The van der Waals surface area contributed by atoms with Crippen LogP contribution in [0, 0.1) is 0 Å². The zero-order valence-electron chi connectivity index (χ0n) is 9.36. The molecule has 80 valence electrons. The largest absolute Gasteiger partial charge is 0.488 e. The van der Waals surface area contributed by atoms with Crippen LogP contribution in [-0.4, -0.2) is 6.61 Å². The van der Waals surface area contributed by atoms with Gasteiger partial charge in [0.1, 0.15) is 17.2 Å². The zero-order chi connectivity index (χ0) is 10.9. The summed E-state index contributed by atoms with van der Waals surface area (Å²) in [6.07, 6.45) is 8.22. The van der Waals surface area contributed by atoms with Crippen molar-refractivity contribution in [2.45, 2.75) is 26.3 Å². The maximum absolute atomic E-state index is 5.56. The second-order valence-electron chi connectivity index (χ2n) is 4.56. The summed E-state index contributed by atoms with van der Waals surface area (Å²) in [5.41, 5.74) is 2.28. The van der Waals surface area contributed by atoms with Crippen molar-refractivity contribution < 1.29 is 9.30 Å². The molecule has 3 heteroatoms. The third kappa shape index (κ3) is 2.29. The third-order valence-corrected chi connectivity index (χ3v) is 3.18. The van der Waals surface area contributed by atoms with Crippen LogP contribution in [0.3, 0.4) is 0 Å². The van der Waals surface area contributed by atoms with Crippen molar-refractivity contribution in [3.8, 4) is 0 Å². The van der Waals surface area contributed by atoms with Gasteiger partial charge in [-0.05, 0) is 12.2 Å². The molecule has 0 unspecified atom stereocenters. The SMILES string of the molecule is CC(C)(C)[n+]1csc(C2=CC=CCO2)c1. The Kier molecular flexibility index (Phi) is 2.65. The lowest BCUT2D eigenvalue weighted by atomic mass is 10.1. The molecule has 0 fully saturated rings. The van der Waals surface area contributed by atoms with Gasteiger partial charge in [-0.1, -0.05) is 17.4 Å². The highest BCUT2D eigenvalue weighted by Crippen LogP contribution is 2.22. The summed E-state index contributed by atoms with van der Waals surface area (Å²) >= 11 is 1.72. The number of nitrogens with zero attached hydrogens (tertiary/aromatic N) is 1. The van der Waals surface area contributed by atoms with Gasteiger partial charge >= 0.3 is 0 Å². The van der Waals surface area contributed by atoms with Gasteiger partial charge in [-0.3, -0.25) is 0 Å². The standard InChI is InChI=1S/C12H16NOS/c1-12(2,3)13-8-11(15-9-13)10-6-4-5-7-14-10/h4-6,8-9H,7H2,1-3H3/q+1. The molecule has 0 spiro atoms. The molecule has 1 aromatic rings. The fraction of sp³-hybridized carbons (Fsp3) is 0.417. The lowest BCUT2D eigenvalue weighted by Crippen LogP contribution is -2.48. The molecular formula is C12H16NOS+. The van der Waals surface area contributed by atoms with Crippen LogP contribution in [0.4, 0.5) is 0 Å². The summed E-state index contributed by atoms with van der Waals surface area (Å²) in [5, 5.41) is 0. The predicted molar refractivity (Wildman–Crippen MR) is 62.6 cm³/mol. The van der Waals surface area contributed by atoms with E-state index in [1.54, 1.807) is 11.3 Å². The molecule has 0 atom stereocenters. The summed E-state index contributed by atoms with van der Waals surface area (Å²) in [6.45, 7) is 7.26. The van der Waals surface area contributed by atoms with Gasteiger partial charge < -0.3 is 4.74 Å². The molecule has 15 heavy (non-hydrogen) atoms. The Balaban J connectivity index is 2.27. The minimum absolute atomic E-state index is 0.139. The minimum Gasteiger partial charge on any atom is -0.488 e. The molecule has 1 aliphatic heterocycles. The molecule has 1 aromatic heterocycles. The van der Waals surface area contributed by atoms with E-state index in [1.165, 1.54) is 4.88 Å². The second kappa shape index (κ2) is 3.81. The molecule has 1 aliphatic rings. The molecular weight excluding hydrogens is 206 g/mol. The molecule has 0 saturated heterocycles. The van der Waals surface area contributed by atoms with Crippen molar-refractivity contribution in [2.75, 3.05) is 6.61 Å². The zero-order valence-corrected chi connectivity index (χ0v) is 10.2. The Morgan fingerprint density at radius 2 is 2.20 bits per heavy atom. The maximum atomic E-state index is 5.56. The highest BCUT2D eigenvalue weighted by Gasteiger charge is 2.24.